The Balaban J connectivity index is 1.87. The predicted octanol–water partition coefficient (Wildman–Crippen LogP) is 2.43. The number of hydrogen-bond donors (Lipinski definition) is 0. The van der Waals surface area contributed by atoms with Gasteiger partial charge in [-0.25, -0.2) is 0 Å². The number of benzene rings is 1. The predicted molar refractivity (Wildman–Crippen MR) is 78.4 cm³/mol. The highest BCUT2D eigenvalue weighted by Gasteiger charge is 2.91. The molecule has 2 bridgehead atoms. The van der Waals surface area contributed by atoms with E-state index in [-0.39, 0.29) is 17.6 Å². The highest BCUT2D eigenvalue weighted by Crippen LogP contribution is 2.75. The van der Waals surface area contributed by atoms with Crippen molar-refractivity contribution in [3.8, 4) is 0 Å². The molecule has 0 radical (unpaired) electrons. The number of rotatable bonds is 2. The third-order valence-corrected chi connectivity index (χ3v) is 6.17. The summed E-state index contributed by atoms with van der Waals surface area (Å²) < 4.78 is 18.2. The van der Waals surface area contributed by atoms with E-state index in [0.717, 1.165) is 18.4 Å². The molecule has 4 unspecified atom stereocenters. The highest BCUT2D eigenvalue weighted by atomic mass is 16.8. The second-order valence-corrected chi connectivity index (χ2v) is 6.65. The maximum atomic E-state index is 13.2. The minimum Gasteiger partial charge on any atom is -0.347 e. The number of epoxide rings is 1. The molecule has 114 valence electrons. The van der Waals surface area contributed by atoms with Crippen molar-refractivity contribution in [1.82, 2.24) is 0 Å². The van der Waals surface area contributed by atoms with Crippen LogP contribution in [0, 0.1) is 11.8 Å². The van der Waals surface area contributed by atoms with Crippen molar-refractivity contribution in [3.63, 3.8) is 0 Å². The van der Waals surface area contributed by atoms with E-state index in [1.807, 2.05) is 24.3 Å². The topological polar surface area (TPSA) is 48.1 Å². The molecular formula is C18H18O4. The molecule has 0 aromatic heterocycles. The lowest BCUT2D eigenvalue weighted by molar-refractivity contribution is -0.268. The number of ketones is 1. The van der Waals surface area contributed by atoms with E-state index in [9.17, 15) is 4.79 Å². The van der Waals surface area contributed by atoms with Gasteiger partial charge in [0.25, 0.3) is 0 Å². The summed E-state index contributed by atoms with van der Waals surface area (Å²) in [5.74, 6) is -0.671. The van der Waals surface area contributed by atoms with Crippen molar-refractivity contribution >= 4 is 5.78 Å². The summed E-state index contributed by atoms with van der Waals surface area (Å²) in [6.07, 6.45) is 6.34. The van der Waals surface area contributed by atoms with E-state index in [1.54, 1.807) is 14.2 Å². The molecule has 1 saturated heterocycles. The molecule has 4 atom stereocenters. The number of methoxy groups -OCH3 is 2. The van der Waals surface area contributed by atoms with Gasteiger partial charge in [0, 0.05) is 37.2 Å². The lowest BCUT2D eigenvalue weighted by Gasteiger charge is -2.50. The number of hydrogen-bond acceptors (Lipinski definition) is 4. The smallest absolute Gasteiger partial charge is 0.229 e. The maximum absolute atomic E-state index is 13.2. The van der Waals surface area contributed by atoms with E-state index in [4.69, 9.17) is 14.2 Å². The third-order valence-electron chi connectivity index (χ3n) is 6.17. The number of carbonyl (C=O) groups is 1. The molecule has 0 N–H and O–H groups in total. The van der Waals surface area contributed by atoms with Crippen LogP contribution in [0.15, 0.2) is 36.4 Å². The van der Waals surface area contributed by atoms with Gasteiger partial charge in [0.2, 0.25) is 5.79 Å². The second kappa shape index (κ2) is 3.70. The van der Waals surface area contributed by atoms with Crippen LogP contribution in [0.25, 0.3) is 0 Å². The van der Waals surface area contributed by atoms with Crippen LogP contribution >= 0.6 is 0 Å². The Hall–Kier alpha value is -1.49. The zero-order chi connectivity index (χ0) is 15.2. The maximum Gasteiger partial charge on any atom is 0.229 e. The van der Waals surface area contributed by atoms with Gasteiger partial charge in [0.1, 0.15) is 0 Å². The van der Waals surface area contributed by atoms with Crippen LogP contribution in [0.4, 0.5) is 0 Å². The summed E-state index contributed by atoms with van der Waals surface area (Å²) in [6.45, 7) is 0. The van der Waals surface area contributed by atoms with Crippen molar-refractivity contribution < 1.29 is 19.0 Å². The Morgan fingerprint density at radius 1 is 1.09 bits per heavy atom. The van der Waals surface area contributed by atoms with E-state index >= 15 is 0 Å². The van der Waals surface area contributed by atoms with Gasteiger partial charge in [-0.15, -0.1) is 0 Å². The lowest BCUT2D eigenvalue weighted by atomic mass is 9.54. The standard InChI is InChI=1S/C18H18O4/c1-20-18(21-2)14-6-4-3-5-13(14)15(19)16-11-7-9-12(10-8-11)17(16,18)22-16/h3-7,9,11-12H,8,10H2,1-2H3. The van der Waals surface area contributed by atoms with E-state index < -0.39 is 17.0 Å². The molecule has 4 nitrogen and oxygen atoms in total. The molecule has 5 aliphatic rings. The fourth-order valence-corrected chi connectivity index (χ4v) is 5.34. The van der Waals surface area contributed by atoms with Crippen molar-refractivity contribution in [1.29, 1.82) is 0 Å². The van der Waals surface area contributed by atoms with Crippen molar-refractivity contribution in [2.45, 2.75) is 29.8 Å². The van der Waals surface area contributed by atoms with E-state index in [0.29, 0.717) is 5.56 Å². The van der Waals surface area contributed by atoms with Crippen molar-refractivity contribution in [3.05, 3.63) is 47.5 Å². The number of carbonyl (C=O) groups excluding carboxylic acids is 1. The first kappa shape index (κ1) is 13.0. The quantitative estimate of drug-likeness (QED) is 0.478. The molecule has 4 heteroatoms. The Morgan fingerprint density at radius 3 is 2.45 bits per heavy atom. The average molecular weight is 298 g/mol. The molecule has 0 amide bonds. The van der Waals surface area contributed by atoms with Crippen LogP contribution < -0.4 is 0 Å². The molecule has 2 fully saturated rings. The van der Waals surface area contributed by atoms with Gasteiger partial charge in [0.15, 0.2) is 17.0 Å². The van der Waals surface area contributed by atoms with E-state index in [2.05, 4.69) is 12.2 Å². The molecule has 1 aromatic rings. The summed E-state index contributed by atoms with van der Waals surface area (Å²) >= 11 is 0. The highest BCUT2D eigenvalue weighted by molar-refractivity contribution is 6.09. The molecule has 0 spiro atoms. The van der Waals surface area contributed by atoms with Crippen LogP contribution in [0.3, 0.4) is 0 Å². The van der Waals surface area contributed by atoms with Crippen LogP contribution in [0.5, 0.6) is 0 Å². The molecular weight excluding hydrogens is 280 g/mol. The van der Waals surface area contributed by atoms with Crippen LogP contribution in [-0.2, 0) is 20.0 Å². The third kappa shape index (κ3) is 0.995. The monoisotopic (exact) mass is 298 g/mol. The van der Waals surface area contributed by atoms with Gasteiger partial charge in [-0.1, -0.05) is 36.4 Å². The summed E-state index contributed by atoms with van der Waals surface area (Å²) in [4.78, 5) is 13.2. The Bertz CT molecular complexity index is 720. The minimum absolute atomic E-state index is 0.0897. The average Bonchev–Trinajstić information content (AvgIpc) is 3.33. The molecule has 1 saturated carbocycles. The summed E-state index contributed by atoms with van der Waals surface area (Å²) in [6, 6.07) is 7.58. The van der Waals surface area contributed by atoms with Gasteiger partial charge in [-0.3, -0.25) is 4.79 Å². The fraction of sp³-hybridized carbons (Fsp3) is 0.500. The molecule has 4 aliphatic carbocycles. The molecule has 6 rings (SSSR count). The number of fused-ring (bicyclic) bond motifs is 2. The zero-order valence-electron chi connectivity index (χ0n) is 12.7. The van der Waals surface area contributed by atoms with Gasteiger partial charge < -0.3 is 14.2 Å². The first-order chi connectivity index (χ1) is 10.7. The van der Waals surface area contributed by atoms with Gasteiger partial charge in [0.05, 0.1) is 0 Å². The Kier molecular flexibility index (Phi) is 2.19. The number of Topliss-reactive ketones (excluding diaryl/α,β-unsaturated/α-hetero) is 1. The van der Waals surface area contributed by atoms with Gasteiger partial charge in [-0.05, 0) is 12.8 Å². The van der Waals surface area contributed by atoms with E-state index in [1.165, 1.54) is 0 Å². The Morgan fingerprint density at radius 2 is 1.77 bits per heavy atom. The first-order valence-corrected chi connectivity index (χ1v) is 7.81. The van der Waals surface area contributed by atoms with Gasteiger partial charge >= 0.3 is 0 Å². The Labute approximate surface area is 129 Å². The fourth-order valence-electron chi connectivity index (χ4n) is 5.34. The molecule has 1 heterocycles. The largest absolute Gasteiger partial charge is 0.347 e. The van der Waals surface area contributed by atoms with Crippen molar-refractivity contribution in [2.24, 2.45) is 11.8 Å². The first-order valence-electron chi connectivity index (χ1n) is 7.81. The number of ether oxygens (including phenoxy) is 3. The van der Waals surface area contributed by atoms with Crippen LogP contribution in [-0.4, -0.2) is 31.2 Å². The minimum atomic E-state index is -1.02. The molecule has 22 heavy (non-hydrogen) atoms. The van der Waals surface area contributed by atoms with Crippen LogP contribution in [0.2, 0.25) is 0 Å². The normalized spacial score (nSPS) is 42.5. The SMILES string of the molecule is COC1(OC)c2ccccc2C(=O)C23OC12C1C=CC3CC1. The summed E-state index contributed by atoms with van der Waals surface area (Å²) in [5.41, 5.74) is -0.0585. The van der Waals surface area contributed by atoms with Gasteiger partial charge in [-0.2, -0.15) is 0 Å². The van der Waals surface area contributed by atoms with Crippen LogP contribution in [0.1, 0.15) is 28.8 Å². The molecule has 1 aliphatic heterocycles. The summed E-state index contributed by atoms with van der Waals surface area (Å²) in [5, 5.41) is 0. The summed E-state index contributed by atoms with van der Waals surface area (Å²) in [7, 11) is 3.28. The zero-order valence-corrected chi connectivity index (χ0v) is 12.7. The van der Waals surface area contributed by atoms with Crippen molar-refractivity contribution in [2.75, 3.05) is 14.2 Å². The molecule has 1 aromatic carbocycles. The lowest BCUT2D eigenvalue weighted by Crippen LogP contribution is -2.64. The second-order valence-electron chi connectivity index (χ2n) is 6.65.